The molecule has 5 aliphatic rings. The lowest BCUT2D eigenvalue weighted by atomic mass is 9.54. The molecule has 4 bridgehead atoms. The standard InChI is InChI=1S/C28H43N5O4/c1-36-24(27(35)30-9-8-29)7-10-33-28(37-17-18-5-3-2-4-6-18)23(16-31-33)26(34)32-25-21-12-19-11-20(14-21)15-22(25)13-19/h7,16,18-22,25H,2-6,8-15,17,29H2,1H3,(H,30,35)(H,32,34). The summed E-state index contributed by atoms with van der Waals surface area (Å²) in [5.74, 6) is 3.63. The van der Waals surface area contributed by atoms with Crippen molar-refractivity contribution in [2.24, 2.45) is 35.3 Å². The highest BCUT2D eigenvalue weighted by Gasteiger charge is 2.48. The Balaban J connectivity index is 1.31. The van der Waals surface area contributed by atoms with Gasteiger partial charge in [-0.2, -0.15) is 5.10 Å². The van der Waals surface area contributed by atoms with E-state index in [1.54, 1.807) is 17.0 Å². The second kappa shape index (κ2) is 11.9. The van der Waals surface area contributed by atoms with Gasteiger partial charge in [0, 0.05) is 19.1 Å². The number of aromatic nitrogens is 2. The van der Waals surface area contributed by atoms with E-state index >= 15 is 0 Å². The number of rotatable bonds is 11. The molecular weight excluding hydrogens is 470 g/mol. The Morgan fingerprint density at radius 2 is 1.81 bits per heavy atom. The molecule has 1 heterocycles. The highest BCUT2D eigenvalue weighted by atomic mass is 16.5. The van der Waals surface area contributed by atoms with Crippen molar-refractivity contribution in [3.05, 3.63) is 23.6 Å². The average Bonchev–Trinajstić information content (AvgIpc) is 3.31. The van der Waals surface area contributed by atoms with Crippen LogP contribution in [0.25, 0.3) is 0 Å². The smallest absolute Gasteiger partial charge is 0.286 e. The molecule has 5 saturated carbocycles. The molecule has 1 aromatic rings. The molecule has 0 aliphatic heterocycles. The molecule has 5 aliphatic carbocycles. The maximum Gasteiger partial charge on any atom is 0.286 e. The number of nitrogens with one attached hydrogen (secondary N) is 2. The first-order chi connectivity index (χ1) is 18.1. The molecule has 6 rings (SSSR count). The minimum atomic E-state index is -0.329. The van der Waals surface area contributed by atoms with Crippen molar-refractivity contribution in [2.45, 2.75) is 76.8 Å². The van der Waals surface area contributed by atoms with Gasteiger partial charge >= 0.3 is 0 Å². The molecule has 204 valence electrons. The van der Waals surface area contributed by atoms with E-state index in [0.29, 0.717) is 48.9 Å². The van der Waals surface area contributed by atoms with Crippen molar-refractivity contribution in [1.82, 2.24) is 20.4 Å². The lowest BCUT2D eigenvalue weighted by Crippen LogP contribution is -2.55. The zero-order chi connectivity index (χ0) is 25.8. The van der Waals surface area contributed by atoms with Crippen LogP contribution in [0, 0.1) is 29.6 Å². The van der Waals surface area contributed by atoms with Crippen LogP contribution >= 0.6 is 0 Å². The predicted molar refractivity (Wildman–Crippen MR) is 140 cm³/mol. The molecule has 5 fully saturated rings. The van der Waals surface area contributed by atoms with E-state index in [1.807, 2.05) is 0 Å². The minimum absolute atomic E-state index is 0.0981. The number of allylic oxidation sites excluding steroid dienone is 1. The normalized spacial score (nSPS) is 29.2. The third-order valence-corrected chi connectivity index (χ3v) is 9.06. The summed E-state index contributed by atoms with van der Waals surface area (Å²) in [6.07, 6.45) is 15.7. The van der Waals surface area contributed by atoms with E-state index in [2.05, 4.69) is 15.7 Å². The van der Waals surface area contributed by atoms with Crippen LogP contribution in [-0.2, 0) is 16.1 Å². The molecule has 0 saturated heterocycles. The van der Waals surface area contributed by atoms with Gasteiger partial charge in [-0.1, -0.05) is 19.3 Å². The maximum atomic E-state index is 13.6. The summed E-state index contributed by atoms with van der Waals surface area (Å²) in [6, 6.07) is 0.251. The highest BCUT2D eigenvalue weighted by molar-refractivity contribution is 5.96. The van der Waals surface area contributed by atoms with E-state index in [0.717, 1.165) is 24.7 Å². The number of methoxy groups -OCH3 is 1. The van der Waals surface area contributed by atoms with Gasteiger partial charge in [0.2, 0.25) is 5.88 Å². The average molecular weight is 514 g/mol. The Kier molecular flexibility index (Phi) is 8.37. The Bertz CT molecular complexity index is 955. The molecule has 0 atom stereocenters. The molecule has 0 aromatic carbocycles. The van der Waals surface area contributed by atoms with Crippen LogP contribution in [0.5, 0.6) is 5.88 Å². The summed E-state index contributed by atoms with van der Waals surface area (Å²) in [5, 5.41) is 10.6. The Hall–Kier alpha value is -2.55. The quantitative estimate of drug-likeness (QED) is 0.309. The molecule has 0 radical (unpaired) electrons. The van der Waals surface area contributed by atoms with Gasteiger partial charge in [0.05, 0.1) is 26.5 Å². The summed E-state index contributed by atoms with van der Waals surface area (Å²) < 4.78 is 13.3. The number of ether oxygens (including phenoxy) is 2. The van der Waals surface area contributed by atoms with Gasteiger partial charge < -0.3 is 25.8 Å². The number of carbonyl (C=O) groups is 2. The molecular formula is C28H43N5O4. The predicted octanol–water partition coefficient (Wildman–Crippen LogP) is 3.00. The highest BCUT2D eigenvalue weighted by Crippen LogP contribution is 2.53. The van der Waals surface area contributed by atoms with Crippen LogP contribution in [0.4, 0.5) is 0 Å². The largest absolute Gasteiger partial charge is 0.491 e. The summed E-state index contributed by atoms with van der Waals surface area (Å²) in [4.78, 5) is 25.9. The molecule has 9 heteroatoms. The minimum Gasteiger partial charge on any atom is -0.491 e. The zero-order valence-electron chi connectivity index (χ0n) is 22.1. The van der Waals surface area contributed by atoms with Gasteiger partial charge in [-0.15, -0.1) is 0 Å². The van der Waals surface area contributed by atoms with Crippen LogP contribution in [-0.4, -0.2) is 54.4 Å². The van der Waals surface area contributed by atoms with Crippen LogP contribution in [0.15, 0.2) is 18.0 Å². The van der Waals surface area contributed by atoms with Crippen LogP contribution in [0.3, 0.4) is 0 Å². The topological polar surface area (TPSA) is 121 Å². The van der Waals surface area contributed by atoms with E-state index in [1.165, 1.54) is 58.5 Å². The van der Waals surface area contributed by atoms with Crippen LogP contribution in [0.1, 0.15) is 74.6 Å². The number of hydrogen-bond acceptors (Lipinski definition) is 6. The van der Waals surface area contributed by atoms with Gasteiger partial charge in [0.25, 0.3) is 11.8 Å². The van der Waals surface area contributed by atoms with E-state index in [-0.39, 0.29) is 30.2 Å². The lowest BCUT2D eigenvalue weighted by Gasteiger charge is -2.54. The fourth-order valence-electron chi connectivity index (χ4n) is 7.46. The van der Waals surface area contributed by atoms with Crippen molar-refractivity contribution in [3.8, 4) is 5.88 Å². The first-order valence-electron chi connectivity index (χ1n) is 14.3. The van der Waals surface area contributed by atoms with Crippen molar-refractivity contribution < 1.29 is 19.1 Å². The lowest BCUT2D eigenvalue weighted by molar-refractivity contribution is -0.120. The fraction of sp³-hybridized carbons (Fsp3) is 0.750. The first kappa shape index (κ1) is 26.1. The summed E-state index contributed by atoms with van der Waals surface area (Å²) >= 11 is 0. The first-order valence-corrected chi connectivity index (χ1v) is 14.3. The zero-order valence-corrected chi connectivity index (χ0v) is 22.1. The second-order valence-corrected chi connectivity index (χ2v) is 11.6. The molecule has 2 amide bonds. The van der Waals surface area contributed by atoms with Gasteiger partial charge in [-0.05, 0) is 80.6 Å². The van der Waals surface area contributed by atoms with Crippen molar-refractivity contribution in [3.63, 3.8) is 0 Å². The third-order valence-electron chi connectivity index (χ3n) is 9.06. The number of nitrogens with zero attached hydrogens (tertiary/aromatic N) is 2. The summed E-state index contributed by atoms with van der Waals surface area (Å²) in [7, 11) is 1.46. The van der Waals surface area contributed by atoms with Crippen molar-refractivity contribution in [1.29, 1.82) is 0 Å². The molecule has 1 aromatic heterocycles. The third kappa shape index (κ3) is 5.97. The fourth-order valence-corrected chi connectivity index (χ4v) is 7.46. The van der Waals surface area contributed by atoms with Crippen molar-refractivity contribution in [2.75, 3.05) is 26.8 Å². The number of amides is 2. The van der Waals surface area contributed by atoms with Gasteiger partial charge in [-0.3, -0.25) is 9.59 Å². The number of hydrogen-bond donors (Lipinski definition) is 3. The molecule has 37 heavy (non-hydrogen) atoms. The van der Waals surface area contributed by atoms with Crippen molar-refractivity contribution >= 4 is 11.8 Å². The Morgan fingerprint density at radius 1 is 1.11 bits per heavy atom. The maximum absolute atomic E-state index is 13.6. The molecule has 9 nitrogen and oxygen atoms in total. The summed E-state index contributed by atoms with van der Waals surface area (Å²) in [6.45, 7) is 1.54. The SMILES string of the molecule is COC(=CCn1ncc(C(=O)NC2C3CC4CC(C3)CC2C4)c1OCC1CCCCC1)C(=O)NCCN. The van der Waals surface area contributed by atoms with E-state index < -0.39 is 0 Å². The monoisotopic (exact) mass is 513 g/mol. The van der Waals surface area contributed by atoms with Gasteiger partial charge in [-0.25, -0.2) is 4.68 Å². The molecule has 0 unspecified atom stereocenters. The van der Waals surface area contributed by atoms with Gasteiger partial charge in [0.1, 0.15) is 5.56 Å². The van der Waals surface area contributed by atoms with Crippen LogP contribution in [0.2, 0.25) is 0 Å². The molecule has 4 N–H and O–H groups in total. The number of nitrogens with two attached hydrogens (primary N) is 1. The summed E-state index contributed by atoms with van der Waals surface area (Å²) in [5.41, 5.74) is 5.97. The number of carbonyl (C=O) groups excluding carboxylic acids is 2. The Labute approximate surface area is 219 Å². The van der Waals surface area contributed by atoms with Gasteiger partial charge in [0.15, 0.2) is 5.76 Å². The second-order valence-electron chi connectivity index (χ2n) is 11.6. The van der Waals surface area contributed by atoms with Crippen LogP contribution < -0.4 is 21.1 Å². The molecule has 0 spiro atoms. The van der Waals surface area contributed by atoms with E-state index in [4.69, 9.17) is 15.2 Å². The Morgan fingerprint density at radius 3 is 2.46 bits per heavy atom. The van der Waals surface area contributed by atoms with E-state index in [9.17, 15) is 9.59 Å².